The first-order chi connectivity index (χ1) is 7.36. The number of hydrogen-bond acceptors (Lipinski definition) is 3. The summed E-state index contributed by atoms with van der Waals surface area (Å²) in [6.45, 7) is 6.32. The monoisotopic (exact) mass is 210 g/mol. The van der Waals surface area contributed by atoms with Gasteiger partial charge in [0.1, 0.15) is 0 Å². The molecule has 0 radical (unpaired) electrons. The molecule has 0 bridgehead atoms. The summed E-state index contributed by atoms with van der Waals surface area (Å²) in [6, 6.07) is 0.686. The molecule has 1 atom stereocenters. The Morgan fingerprint density at radius 2 is 2.07 bits per heavy atom. The number of nitrogens with zero attached hydrogens (tertiary/aromatic N) is 2. The molecule has 2 fully saturated rings. The predicted octanol–water partition coefficient (Wildman–Crippen LogP) is 0.969. The lowest BCUT2D eigenvalue weighted by atomic mass is 10.2. The Kier molecular flexibility index (Phi) is 4.18. The van der Waals surface area contributed by atoms with E-state index in [2.05, 4.69) is 29.0 Å². The Morgan fingerprint density at radius 1 is 1.27 bits per heavy atom. The number of likely N-dealkylation sites (tertiary alicyclic amines) is 1. The zero-order valence-electron chi connectivity index (χ0n) is 9.69. The third-order valence-electron chi connectivity index (χ3n) is 3.40. The Morgan fingerprint density at radius 3 is 2.73 bits per heavy atom. The number of morpholine rings is 1. The summed E-state index contributed by atoms with van der Waals surface area (Å²) in [5.74, 6) is 0. The second kappa shape index (κ2) is 5.64. The van der Waals surface area contributed by atoms with Crippen LogP contribution in [0, 0.1) is 0 Å². The fourth-order valence-electron chi connectivity index (χ4n) is 2.33. The van der Waals surface area contributed by atoms with Crippen molar-refractivity contribution < 1.29 is 4.74 Å². The topological polar surface area (TPSA) is 15.7 Å². The highest BCUT2D eigenvalue weighted by atomic mass is 16.5. The molecule has 2 rings (SSSR count). The minimum atomic E-state index is 0.686. The van der Waals surface area contributed by atoms with Crippen molar-refractivity contribution >= 4 is 0 Å². The van der Waals surface area contributed by atoms with Crippen LogP contribution in [0.2, 0.25) is 0 Å². The Bertz CT molecular complexity index is 212. The molecule has 86 valence electrons. The molecule has 3 heteroatoms. The first-order valence-corrected chi connectivity index (χ1v) is 6.03. The van der Waals surface area contributed by atoms with Crippen LogP contribution in [0.25, 0.3) is 0 Å². The van der Waals surface area contributed by atoms with Gasteiger partial charge in [0.05, 0.1) is 13.2 Å². The Balaban J connectivity index is 1.69. The van der Waals surface area contributed by atoms with Crippen molar-refractivity contribution in [1.29, 1.82) is 0 Å². The molecule has 0 aliphatic carbocycles. The molecule has 0 unspecified atom stereocenters. The molecule has 0 N–H and O–H groups in total. The highest BCUT2D eigenvalue weighted by Crippen LogP contribution is 2.15. The van der Waals surface area contributed by atoms with Crippen LogP contribution in [-0.4, -0.2) is 62.3 Å². The molecule has 3 nitrogen and oxygen atoms in total. The van der Waals surface area contributed by atoms with Crippen LogP contribution in [0.3, 0.4) is 0 Å². The lowest BCUT2D eigenvalue weighted by Gasteiger charge is -2.25. The van der Waals surface area contributed by atoms with Crippen LogP contribution >= 0.6 is 0 Å². The van der Waals surface area contributed by atoms with Gasteiger partial charge in [0.2, 0.25) is 0 Å². The lowest BCUT2D eigenvalue weighted by molar-refractivity contribution is 0.0434. The minimum Gasteiger partial charge on any atom is -0.379 e. The third-order valence-corrected chi connectivity index (χ3v) is 3.40. The Labute approximate surface area is 92.7 Å². The molecule has 0 aromatic rings. The number of ether oxygens (including phenoxy) is 1. The van der Waals surface area contributed by atoms with E-state index in [1.54, 1.807) is 0 Å². The van der Waals surface area contributed by atoms with Gasteiger partial charge in [0.25, 0.3) is 0 Å². The standard InChI is InChI=1S/C12H22N2O/c1-13-6-2-4-12(13)5-3-7-14-8-10-15-11-9-14/h3,5,12H,2,4,6-11H2,1H3/b5-3+/t12-/m0/s1. The minimum absolute atomic E-state index is 0.686. The molecule has 2 aliphatic rings. The molecular formula is C12H22N2O. The molecule has 0 aromatic heterocycles. The van der Waals surface area contributed by atoms with E-state index in [-0.39, 0.29) is 0 Å². The van der Waals surface area contributed by atoms with Gasteiger partial charge < -0.3 is 4.74 Å². The second-order valence-corrected chi connectivity index (χ2v) is 4.53. The van der Waals surface area contributed by atoms with Gasteiger partial charge in [-0.3, -0.25) is 9.80 Å². The van der Waals surface area contributed by atoms with Crippen LogP contribution in [0.1, 0.15) is 12.8 Å². The van der Waals surface area contributed by atoms with Crippen LogP contribution in [0.5, 0.6) is 0 Å². The molecule has 0 amide bonds. The van der Waals surface area contributed by atoms with E-state index in [9.17, 15) is 0 Å². The average molecular weight is 210 g/mol. The summed E-state index contributed by atoms with van der Waals surface area (Å²) in [5, 5.41) is 0. The first kappa shape index (κ1) is 11.1. The van der Waals surface area contributed by atoms with E-state index < -0.39 is 0 Å². The zero-order chi connectivity index (χ0) is 10.5. The quantitative estimate of drug-likeness (QED) is 0.646. The van der Waals surface area contributed by atoms with Gasteiger partial charge in [-0.1, -0.05) is 12.2 Å². The van der Waals surface area contributed by atoms with Gasteiger partial charge >= 0.3 is 0 Å². The van der Waals surface area contributed by atoms with Crippen LogP contribution in [0.15, 0.2) is 12.2 Å². The normalized spacial score (nSPS) is 30.3. The van der Waals surface area contributed by atoms with E-state index in [4.69, 9.17) is 4.74 Å². The molecular weight excluding hydrogens is 188 g/mol. The number of hydrogen-bond donors (Lipinski definition) is 0. The van der Waals surface area contributed by atoms with Crippen LogP contribution in [-0.2, 0) is 4.74 Å². The fraction of sp³-hybridized carbons (Fsp3) is 0.833. The summed E-state index contributed by atoms with van der Waals surface area (Å²) in [7, 11) is 2.22. The van der Waals surface area contributed by atoms with Gasteiger partial charge in [0, 0.05) is 25.7 Å². The summed E-state index contributed by atoms with van der Waals surface area (Å²) in [6.07, 6.45) is 7.39. The molecule has 0 saturated carbocycles. The highest BCUT2D eigenvalue weighted by Gasteiger charge is 2.17. The van der Waals surface area contributed by atoms with E-state index in [0.29, 0.717) is 6.04 Å². The van der Waals surface area contributed by atoms with Gasteiger partial charge in [-0.05, 0) is 26.4 Å². The van der Waals surface area contributed by atoms with Crippen LogP contribution < -0.4 is 0 Å². The maximum atomic E-state index is 5.32. The Hall–Kier alpha value is -0.380. The smallest absolute Gasteiger partial charge is 0.0594 e. The zero-order valence-corrected chi connectivity index (χ0v) is 9.69. The first-order valence-electron chi connectivity index (χ1n) is 6.03. The van der Waals surface area contributed by atoms with Crippen LogP contribution in [0.4, 0.5) is 0 Å². The third kappa shape index (κ3) is 3.30. The molecule has 0 spiro atoms. The molecule has 2 saturated heterocycles. The SMILES string of the molecule is CN1CCC[C@H]1/C=C/CN1CCOCC1. The maximum Gasteiger partial charge on any atom is 0.0594 e. The van der Waals surface area contributed by atoms with Crippen molar-refractivity contribution in [3.05, 3.63) is 12.2 Å². The molecule has 15 heavy (non-hydrogen) atoms. The predicted molar refractivity (Wildman–Crippen MR) is 62.1 cm³/mol. The van der Waals surface area contributed by atoms with E-state index in [1.165, 1.54) is 19.4 Å². The largest absolute Gasteiger partial charge is 0.379 e. The van der Waals surface area contributed by atoms with Crippen molar-refractivity contribution in [2.45, 2.75) is 18.9 Å². The second-order valence-electron chi connectivity index (χ2n) is 4.53. The molecule has 0 aromatic carbocycles. The molecule has 2 heterocycles. The van der Waals surface area contributed by atoms with Crippen molar-refractivity contribution in [2.24, 2.45) is 0 Å². The van der Waals surface area contributed by atoms with Gasteiger partial charge in [-0.25, -0.2) is 0 Å². The van der Waals surface area contributed by atoms with E-state index in [1.807, 2.05) is 0 Å². The lowest BCUT2D eigenvalue weighted by Crippen LogP contribution is -2.36. The fourth-order valence-corrected chi connectivity index (χ4v) is 2.33. The highest BCUT2D eigenvalue weighted by molar-refractivity contribution is 4.98. The van der Waals surface area contributed by atoms with Crippen molar-refractivity contribution in [3.63, 3.8) is 0 Å². The van der Waals surface area contributed by atoms with Gasteiger partial charge in [-0.15, -0.1) is 0 Å². The van der Waals surface area contributed by atoms with Crippen molar-refractivity contribution in [3.8, 4) is 0 Å². The number of rotatable bonds is 3. The van der Waals surface area contributed by atoms with E-state index in [0.717, 1.165) is 32.8 Å². The molecule has 2 aliphatic heterocycles. The summed E-state index contributed by atoms with van der Waals surface area (Å²) < 4.78 is 5.32. The summed E-state index contributed by atoms with van der Waals surface area (Å²) >= 11 is 0. The summed E-state index contributed by atoms with van der Waals surface area (Å²) in [4.78, 5) is 4.89. The van der Waals surface area contributed by atoms with Gasteiger partial charge in [0.15, 0.2) is 0 Å². The van der Waals surface area contributed by atoms with Crippen molar-refractivity contribution in [2.75, 3.05) is 46.4 Å². The maximum absolute atomic E-state index is 5.32. The average Bonchev–Trinajstić information content (AvgIpc) is 2.66. The van der Waals surface area contributed by atoms with Crippen molar-refractivity contribution in [1.82, 2.24) is 9.80 Å². The van der Waals surface area contributed by atoms with E-state index >= 15 is 0 Å². The number of likely N-dealkylation sites (N-methyl/N-ethyl adjacent to an activating group) is 1. The van der Waals surface area contributed by atoms with Gasteiger partial charge in [-0.2, -0.15) is 0 Å². The summed E-state index contributed by atoms with van der Waals surface area (Å²) in [5.41, 5.74) is 0.